The molecule has 1 heterocycles. The Bertz CT molecular complexity index is 491. The Morgan fingerprint density at radius 1 is 1.23 bits per heavy atom. The number of urea groups is 1. The topological polar surface area (TPSA) is 97.1 Å². The highest BCUT2D eigenvalue weighted by atomic mass is 32.2. The van der Waals surface area contributed by atoms with E-state index in [0.717, 1.165) is 30.1 Å². The number of aromatic nitrogens is 1. The predicted octanol–water partition coefficient (Wildman–Crippen LogP) is 3.45. The van der Waals surface area contributed by atoms with Crippen molar-refractivity contribution in [2.24, 2.45) is 5.73 Å². The molecule has 0 aliphatic carbocycles. The number of primary amides is 1. The van der Waals surface area contributed by atoms with Crippen molar-refractivity contribution in [1.29, 1.82) is 0 Å². The number of hydrogen-bond donors (Lipinski definition) is 3. The molecule has 0 radical (unpaired) electrons. The van der Waals surface area contributed by atoms with E-state index in [2.05, 4.69) is 21.9 Å². The number of carbonyl (C=O) groups excluding carboxylic acids is 2. The lowest BCUT2D eigenvalue weighted by Gasteiger charge is -2.06. The third-order valence-corrected chi connectivity index (χ3v) is 4.85. The summed E-state index contributed by atoms with van der Waals surface area (Å²) in [4.78, 5) is 23.3. The lowest BCUT2D eigenvalue weighted by Crippen LogP contribution is -2.29. The average molecular weight is 345 g/mol. The lowest BCUT2D eigenvalue weighted by molar-refractivity contribution is 0.0998. The van der Waals surface area contributed by atoms with Gasteiger partial charge in [0.1, 0.15) is 15.6 Å². The molecule has 6 nitrogen and oxygen atoms in total. The zero-order valence-electron chi connectivity index (χ0n) is 13.1. The van der Waals surface area contributed by atoms with Crippen LogP contribution in [0.4, 0.5) is 9.80 Å². The first-order valence-electron chi connectivity index (χ1n) is 7.57. The number of hydrogen-bond acceptors (Lipinski definition) is 5. The van der Waals surface area contributed by atoms with Crippen LogP contribution in [0.1, 0.15) is 56.3 Å². The van der Waals surface area contributed by atoms with Gasteiger partial charge in [-0.25, -0.2) is 4.79 Å². The van der Waals surface area contributed by atoms with E-state index in [1.807, 2.05) is 6.92 Å². The van der Waals surface area contributed by atoms with Gasteiger partial charge in [-0.05, 0) is 30.1 Å². The molecule has 0 spiro atoms. The molecule has 1 rings (SSSR count). The van der Waals surface area contributed by atoms with Gasteiger partial charge in [0.05, 0.1) is 0 Å². The summed E-state index contributed by atoms with van der Waals surface area (Å²) >= 11 is 2.61. The van der Waals surface area contributed by atoms with E-state index in [1.165, 1.54) is 31.0 Å². The number of unbranched alkanes of at least 4 members (excludes halogenated alkanes) is 3. The number of nitrogens with one attached hydrogen (secondary N) is 2. The van der Waals surface area contributed by atoms with Crippen LogP contribution in [0.25, 0.3) is 0 Å². The molecule has 0 atom stereocenters. The number of nitrogens with zero attached hydrogens (tertiary/aromatic N) is 1. The van der Waals surface area contributed by atoms with E-state index in [1.54, 1.807) is 0 Å². The first kappa shape index (κ1) is 18.8. The standard InChI is InChI=1S/C14H24N4O2S2/c1-3-5-6-7-9-21-13-10(11(15)19)12(22-18-13)17-14(20)16-8-4-2/h3-9H2,1-2H3,(H2,15,19)(H2,16,17,20). The second-order valence-corrected chi connectivity index (χ2v) is 6.70. The van der Waals surface area contributed by atoms with Gasteiger partial charge in [0.25, 0.3) is 5.91 Å². The molecule has 0 aliphatic heterocycles. The summed E-state index contributed by atoms with van der Waals surface area (Å²) in [7, 11) is 0. The average Bonchev–Trinajstić information content (AvgIpc) is 2.87. The van der Waals surface area contributed by atoms with Crippen molar-refractivity contribution in [3.8, 4) is 0 Å². The quantitative estimate of drug-likeness (QED) is 0.447. The van der Waals surface area contributed by atoms with Gasteiger partial charge in [-0.1, -0.05) is 33.1 Å². The summed E-state index contributed by atoms with van der Waals surface area (Å²) in [5.74, 6) is 0.335. The zero-order chi connectivity index (χ0) is 16.4. The number of anilines is 1. The SMILES string of the molecule is CCCCCCSc1nsc(NC(=O)NCCC)c1C(N)=O. The molecule has 3 amide bonds. The van der Waals surface area contributed by atoms with Crippen molar-refractivity contribution in [2.75, 3.05) is 17.6 Å². The summed E-state index contributed by atoms with van der Waals surface area (Å²) < 4.78 is 4.25. The molecule has 1 aromatic heterocycles. The summed E-state index contributed by atoms with van der Waals surface area (Å²) in [5, 5.41) is 6.37. The maximum Gasteiger partial charge on any atom is 0.319 e. The minimum absolute atomic E-state index is 0.317. The van der Waals surface area contributed by atoms with E-state index in [-0.39, 0.29) is 6.03 Å². The van der Waals surface area contributed by atoms with Gasteiger partial charge in [0, 0.05) is 6.54 Å². The molecule has 0 saturated carbocycles. The number of rotatable bonds is 10. The fourth-order valence-electron chi connectivity index (χ4n) is 1.76. The highest BCUT2D eigenvalue weighted by molar-refractivity contribution is 7.99. The molecular formula is C14H24N4O2S2. The molecule has 0 aliphatic rings. The lowest BCUT2D eigenvalue weighted by atomic mass is 10.2. The van der Waals surface area contributed by atoms with Crippen LogP contribution in [0, 0.1) is 0 Å². The number of carbonyl (C=O) groups is 2. The van der Waals surface area contributed by atoms with Crippen LogP contribution in [0.15, 0.2) is 5.03 Å². The molecule has 0 bridgehead atoms. The van der Waals surface area contributed by atoms with Crippen LogP contribution in [0.3, 0.4) is 0 Å². The van der Waals surface area contributed by atoms with Crippen molar-refractivity contribution in [2.45, 2.75) is 51.0 Å². The maximum absolute atomic E-state index is 11.7. The molecule has 1 aromatic rings. The Hall–Kier alpha value is -1.28. The predicted molar refractivity (Wildman–Crippen MR) is 92.8 cm³/mol. The summed E-state index contributed by atoms with van der Waals surface area (Å²) in [6.07, 6.45) is 5.50. The van der Waals surface area contributed by atoms with Crippen molar-refractivity contribution in [3.63, 3.8) is 0 Å². The molecule has 0 saturated heterocycles. The third kappa shape index (κ3) is 6.23. The third-order valence-electron chi connectivity index (χ3n) is 2.91. The summed E-state index contributed by atoms with van der Waals surface area (Å²) in [6.45, 7) is 4.71. The Morgan fingerprint density at radius 2 is 2.00 bits per heavy atom. The molecule has 8 heteroatoms. The first-order chi connectivity index (χ1) is 10.6. The van der Waals surface area contributed by atoms with Crippen LogP contribution in [-0.4, -0.2) is 28.6 Å². The van der Waals surface area contributed by atoms with Gasteiger partial charge >= 0.3 is 6.03 Å². The Balaban J connectivity index is 2.63. The molecule has 124 valence electrons. The van der Waals surface area contributed by atoms with Crippen molar-refractivity contribution >= 4 is 40.2 Å². The van der Waals surface area contributed by atoms with Crippen molar-refractivity contribution in [3.05, 3.63) is 5.56 Å². The van der Waals surface area contributed by atoms with Gasteiger partial charge in [-0.2, -0.15) is 4.37 Å². The smallest absolute Gasteiger partial charge is 0.319 e. The Labute approximate surface area is 139 Å². The van der Waals surface area contributed by atoms with Crippen LogP contribution in [0.2, 0.25) is 0 Å². The zero-order valence-corrected chi connectivity index (χ0v) is 14.7. The second-order valence-electron chi connectivity index (χ2n) is 4.85. The maximum atomic E-state index is 11.7. The van der Waals surface area contributed by atoms with Crippen LogP contribution in [0.5, 0.6) is 0 Å². The largest absolute Gasteiger partial charge is 0.365 e. The van der Waals surface area contributed by atoms with Gasteiger partial charge < -0.3 is 11.1 Å². The Kier molecular flexibility index (Phi) is 8.91. The second kappa shape index (κ2) is 10.4. The molecule has 22 heavy (non-hydrogen) atoms. The highest BCUT2D eigenvalue weighted by Gasteiger charge is 2.20. The number of nitrogens with two attached hydrogens (primary N) is 1. The summed E-state index contributed by atoms with van der Waals surface area (Å²) in [6, 6.07) is -0.340. The van der Waals surface area contributed by atoms with Crippen LogP contribution >= 0.6 is 23.3 Å². The Morgan fingerprint density at radius 3 is 2.64 bits per heavy atom. The van der Waals surface area contributed by atoms with Crippen molar-refractivity contribution in [1.82, 2.24) is 9.69 Å². The first-order valence-corrected chi connectivity index (χ1v) is 9.33. The fourth-order valence-corrected chi connectivity index (χ4v) is 3.73. The van der Waals surface area contributed by atoms with Gasteiger partial charge in [0.15, 0.2) is 0 Å². The molecule has 0 aromatic carbocycles. The highest BCUT2D eigenvalue weighted by Crippen LogP contribution is 2.32. The van der Waals surface area contributed by atoms with Gasteiger partial charge in [-0.3, -0.25) is 10.1 Å². The molecule has 0 unspecified atom stereocenters. The van der Waals surface area contributed by atoms with Crippen LogP contribution < -0.4 is 16.4 Å². The van der Waals surface area contributed by atoms with E-state index < -0.39 is 5.91 Å². The number of amides is 3. The van der Waals surface area contributed by atoms with E-state index in [9.17, 15) is 9.59 Å². The minimum Gasteiger partial charge on any atom is -0.365 e. The summed E-state index contributed by atoms with van der Waals surface area (Å²) in [5.41, 5.74) is 5.75. The van der Waals surface area contributed by atoms with Crippen molar-refractivity contribution < 1.29 is 9.59 Å². The normalized spacial score (nSPS) is 10.5. The minimum atomic E-state index is -0.560. The number of thioether (sulfide) groups is 1. The molecule has 0 fully saturated rings. The van der Waals surface area contributed by atoms with Crippen LogP contribution in [-0.2, 0) is 0 Å². The monoisotopic (exact) mass is 344 g/mol. The van der Waals surface area contributed by atoms with E-state index >= 15 is 0 Å². The van der Waals surface area contributed by atoms with Gasteiger partial charge in [-0.15, -0.1) is 11.8 Å². The fraction of sp³-hybridized carbons (Fsp3) is 0.643. The molecule has 4 N–H and O–H groups in total. The molecular weight excluding hydrogens is 320 g/mol. The van der Waals surface area contributed by atoms with E-state index in [0.29, 0.717) is 22.1 Å². The van der Waals surface area contributed by atoms with Gasteiger partial charge in [0.2, 0.25) is 0 Å². The van der Waals surface area contributed by atoms with E-state index in [4.69, 9.17) is 5.73 Å².